The minimum Gasteiger partial charge on any atom is -0.348 e. The summed E-state index contributed by atoms with van der Waals surface area (Å²) in [7, 11) is 1.79. The zero-order chi connectivity index (χ0) is 12.1. The van der Waals surface area contributed by atoms with Crippen LogP contribution >= 0.6 is 0 Å². The van der Waals surface area contributed by atoms with E-state index in [1.54, 1.807) is 11.9 Å². The summed E-state index contributed by atoms with van der Waals surface area (Å²) in [5.41, 5.74) is 2.12. The van der Waals surface area contributed by atoms with Gasteiger partial charge in [-0.3, -0.25) is 9.78 Å². The number of hydrogen-bond acceptors (Lipinski definition) is 2. The molecule has 3 nitrogen and oxygen atoms in total. The van der Waals surface area contributed by atoms with Crippen molar-refractivity contribution in [2.75, 3.05) is 13.6 Å². The average molecular weight is 228 g/mol. The molecule has 1 amide bonds. The number of fused-ring (bicyclic) bond motifs is 1. The highest BCUT2D eigenvalue weighted by molar-refractivity contribution is 5.78. The summed E-state index contributed by atoms with van der Waals surface area (Å²) in [5, 5.41) is 1.17. The van der Waals surface area contributed by atoms with Crippen molar-refractivity contribution in [3.05, 3.63) is 42.1 Å². The van der Waals surface area contributed by atoms with Gasteiger partial charge in [0.25, 0.3) is 0 Å². The molecule has 2 rings (SSSR count). The van der Waals surface area contributed by atoms with Crippen molar-refractivity contribution in [2.24, 2.45) is 0 Å². The highest BCUT2D eigenvalue weighted by Crippen LogP contribution is 2.12. The maximum atomic E-state index is 10.4. The number of pyridine rings is 1. The van der Waals surface area contributed by atoms with Crippen molar-refractivity contribution in [3.8, 4) is 0 Å². The smallest absolute Gasteiger partial charge is 0.209 e. The lowest BCUT2D eigenvalue weighted by molar-refractivity contribution is -0.117. The van der Waals surface area contributed by atoms with E-state index in [4.69, 9.17) is 0 Å². The van der Waals surface area contributed by atoms with Crippen molar-refractivity contribution in [1.82, 2.24) is 9.88 Å². The first-order valence-electron chi connectivity index (χ1n) is 5.80. The molecule has 0 saturated carbocycles. The van der Waals surface area contributed by atoms with Crippen LogP contribution in [0.3, 0.4) is 0 Å². The van der Waals surface area contributed by atoms with Crippen LogP contribution in [-0.4, -0.2) is 29.9 Å². The Bertz CT molecular complexity index is 510. The number of carbonyl (C=O) groups excluding carboxylic acids is 1. The van der Waals surface area contributed by atoms with Crippen molar-refractivity contribution in [2.45, 2.75) is 12.8 Å². The van der Waals surface area contributed by atoms with Gasteiger partial charge in [-0.1, -0.05) is 24.3 Å². The fraction of sp³-hybridized carbons (Fsp3) is 0.286. The van der Waals surface area contributed by atoms with Gasteiger partial charge in [0.1, 0.15) is 0 Å². The highest BCUT2D eigenvalue weighted by Gasteiger charge is 1.99. The van der Waals surface area contributed by atoms with Gasteiger partial charge in [-0.2, -0.15) is 0 Å². The van der Waals surface area contributed by atoms with E-state index < -0.39 is 0 Å². The summed E-state index contributed by atoms with van der Waals surface area (Å²) in [6, 6.07) is 12.3. The molecule has 1 aromatic carbocycles. The highest BCUT2D eigenvalue weighted by atomic mass is 16.1. The Morgan fingerprint density at radius 3 is 2.88 bits per heavy atom. The van der Waals surface area contributed by atoms with Crippen LogP contribution in [0.25, 0.3) is 10.9 Å². The molecule has 0 atom stereocenters. The first-order chi connectivity index (χ1) is 8.29. The summed E-state index contributed by atoms with van der Waals surface area (Å²) < 4.78 is 0. The number of rotatable bonds is 5. The SMILES string of the molecule is CN(C=O)CCCc1ccc2ccccc2n1. The second kappa shape index (κ2) is 5.43. The Morgan fingerprint density at radius 1 is 1.24 bits per heavy atom. The van der Waals surface area contributed by atoms with E-state index in [1.807, 2.05) is 18.2 Å². The number of aryl methyl sites for hydroxylation is 1. The molecule has 0 fully saturated rings. The number of benzene rings is 1. The van der Waals surface area contributed by atoms with Gasteiger partial charge in [0.15, 0.2) is 0 Å². The molecule has 0 saturated heterocycles. The topological polar surface area (TPSA) is 33.2 Å². The number of nitrogens with zero attached hydrogens (tertiary/aromatic N) is 2. The van der Waals surface area contributed by atoms with Crippen LogP contribution in [0, 0.1) is 0 Å². The van der Waals surface area contributed by atoms with Gasteiger partial charge < -0.3 is 4.90 Å². The Balaban J connectivity index is 2.02. The molecule has 2 aromatic rings. The van der Waals surface area contributed by atoms with Crippen molar-refractivity contribution < 1.29 is 4.79 Å². The summed E-state index contributed by atoms with van der Waals surface area (Å²) in [4.78, 5) is 16.7. The third-order valence-corrected chi connectivity index (χ3v) is 2.78. The maximum Gasteiger partial charge on any atom is 0.209 e. The fourth-order valence-electron chi connectivity index (χ4n) is 1.81. The van der Waals surface area contributed by atoms with Crippen LogP contribution in [0.5, 0.6) is 0 Å². The summed E-state index contributed by atoms with van der Waals surface area (Å²) in [6.45, 7) is 0.776. The van der Waals surface area contributed by atoms with Gasteiger partial charge in [-0.15, -0.1) is 0 Å². The quantitative estimate of drug-likeness (QED) is 0.735. The van der Waals surface area contributed by atoms with E-state index in [9.17, 15) is 4.79 Å². The monoisotopic (exact) mass is 228 g/mol. The minimum absolute atomic E-state index is 0.776. The van der Waals surface area contributed by atoms with E-state index in [0.29, 0.717) is 0 Å². The van der Waals surface area contributed by atoms with Gasteiger partial charge in [0, 0.05) is 24.7 Å². The Labute approximate surface area is 101 Å². The zero-order valence-electron chi connectivity index (χ0n) is 9.97. The van der Waals surface area contributed by atoms with Gasteiger partial charge in [0.2, 0.25) is 6.41 Å². The molecule has 1 heterocycles. The van der Waals surface area contributed by atoms with E-state index in [0.717, 1.165) is 37.0 Å². The molecule has 3 heteroatoms. The summed E-state index contributed by atoms with van der Waals surface area (Å²) in [6.07, 6.45) is 2.71. The van der Waals surface area contributed by atoms with Crippen LogP contribution in [-0.2, 0) is 11.2 Å². The summed E-state index contributed by atoms with van der Waals surface area (Å²) >= 11 is 0. The predicted molar refractivity (Wildman–Crippen MR) is 68.8 cm³/mol. The molecule has 0 radical (unpaired) electrons. The number of para-hydroxylation sites is 1. The molecule has 0 bridgehead atoms. The second-order valence-corrected chi connectivity index (χ2v) is 4.18. The lowest BCUT2D eigenvalue weighted by atomic mass is 10.1. The summed E-state index contributed by atoms with van der Waals surface area (Å²) in [5.74, 6) is 0. The normalized spacial score (nSPS) is 10.4. The van der Waals surface area contributed by atoms with Crippen molar-refractivity contribution in [1.29, 1.82) is 0 Å². The Kier molecular flexibility index (Phi) is 3.70. The second-order valence-electron chi connectivity index (χ2n) is 4.18. The number of hydrogen-bond donors (Lipinski definition) is 0. The third kappa shape index (κ3) is 3.03. The van der Waals surface area contributed by atoms with Crippen LogP contribution in [0.2, 0.25) is 0 Å². The van der Waals surface area contributed by atoms with Gasteiger partial charge in [-0.25, -0.2) is 0 Å². The lowest BCUT2D eigenvalue weighted by Gasteiger charge is -2.09. The first-order valence-corrected chi connectivity index (χ1v) is 5.80. The predicted octanol–water partition coefficient (Wildman–Crippen LogP) is 2.26. The standard InChI is InChI=1S/C14H16N2O/c1-16(11-17)10-4-6-13-9-8-12-5-2-3-7-14(12)15-13/h2-3,5,7-9,11H,4,6,10H2,1H3. The molecule has 88 valence electrons. The van der Waals surface area contributed by atoms with Gasteiger partial charge in [0.05, 0.1) is 5.52 Å². The molecule has 1 aromatic heterocycles. The van der Waals surface area contributed by atoms with Crippen LogP contribution < -0.4 is 0 Å². The molecule has 0 unspecified atom stereocenters. The van der Waals surface area contributed by atoms with Crippen LogP contribution in [0.4, 0.5) is 0 Å². The van der Waals surface area contributed by atoms with Gasteiger partial charge in [-0.05, 0) is 25.0 Å². The van der Waals surface area contributed by atoms with Gasteiger partial charge >= 0.3 is 0 Å². The minimum atomic E-state index is 0.776. The molecule has 0 aliphatic rings. The van der Waals surface area contributed by atoms with E-state index in [2.05, 4.69) is 23.2 Å². The molecule has 0 aliphatic carbocycles. The lowest BCUT2D eigenvalue weighted by Crippen LogP contribution is -2.17. The number of carbonyl (C=O) groups is 1. The first kappa shape index (κ1) is 11.6. The largest absolute Gasteiger partial charge is 0.348 e. The third-order valence-electron chi connectivity index (χ3n) is 2.78. The maximum absolute atomic E-state index is 10.4. The Hall–Kier alpha value is -1.90. The number of aromatic nitrogens is 1. The molecule has 0 N–H and O–H groups in total. The molecule has 0 aliphatic heterocycles. The van der Waals surface area contributed by atoms with Crippen molar-refractivity contribution in [3.63, 3.8) is 0 Å². The number of amides is 1. The van der Waals surface area contributed by atoms with Crippen LogP contribution in [0.1, 0.15) is 12.1 Å². The molecular formula is C14H16N2O. The van der Waals surface area contributed by atoms with Crippen LogP contribution in [0.15, 0.2) is 36.4 Å². The molecule has 17 heavy (non-hydrogen) atoms. The Morgan fingerprint density at radius 2 is 2.06 bits per heavy atom. The fourth-order valence-corrected chi connectivity index (χ4v) is 1.81. The molecular weight excluding hydrogens is 212 g/mol. The zero-order valence-corrected chi connectivity index (χ0v) is 9.97. The van der Waals surface area contributed by atoms with E-state index >= 15 is 0 Å². The van der Waals surface area contributed by atoms with E-state index in [1.165, 1.54) is 5.39 Å². The molecule has 0 spiro atoms. The average Bonchev–Trinajstić information content (AvgIpc) is 2.38. The van der Waals surface area contributed by atoms with Crippen molar-refractivity contribution >= 4 is 17.3 Å². The van der Waals surface area contributed by atoms with E-state index in [-0.39, 0.29) is 0 Å².